The molecule has 0 atom stereocenters. The van der Waals surface area contributed by atoms with Crippen molar-refractivity contribution < 1.29 is 20.9 Å². The standard InChI is InChI=1S/C42H24O/c1-3-13-32-30(11-1)40(28-20-23-38-36(24-28)29-10-5-6-15-37(29)43-38)31-12-2-4-14-33(31)42(32)35-22-19-27-17-16-25-8-7-9-26-18-21-34(35)41(27)39(25)26/h1-24H/i1D,2D,3D,4D,5D,6D,10D,11D,12D,13D,14D,15D. The number of furan rings is 1. The van der Waals surface area contributed by atoms with Crippen molar-refractivity contribution in [1.82, 2.24) is 0 Å². The van der Waals surface area contributed by atoms with Gasteiger partial charge in [-0.05, 0) is 94.3 Å². The lowest BCUT2D eigenvalue weighted by atomic mass is 9.83. The molecule has 0 unspecified atom stereocenters. The zero-order valence-corrected chi connectivity index (χ0v) is 22.3. The first-order valence-corrected chi connectivity index (χ1v) is 13.9. The molecule has 0 bridgehead atoms. The van der Waals surface area contributed by atoms with Crippen LogP contribution in [0.25, 0.3) is 98.1 Å². The fourth-order valence-corrected chi connectivity index (χ4v) is 6.78. The molecule has 0 saturated heterocycles. The Labute approximate surface area is 264 Å². The largest absolute Gasteiger partial charge is 0.456 e. The number of rotatable bonds is 2. The van der Waals surface area contributed by atoms with E-state index in [1.807, 2.05) is 54.6 Å². The third-order valence-corrected chi connectivity index (χ3v) is 8.58. The van der Waals surface area contributed by atoms with Gasteiger partial charge in [0.2, 0.25) is 0 Å². The van der Waals surface area contributed by atoms with Crippen LogP contribution in [0.3, 0.4) is 0 Å². The molecule has 43 heavy (non-hydrogen) atoms. The number of para-hydroxylation sites is 1. The van der Waals surface area contributed by atoms with E-state index in [0.29, 0.717) is 16.5 Å². The highest BCUT2D eigenvalue weighted by Crippen LogP contribution is 2.47. The zero-order chi connectivity index (χ0) is 38.5. The summed E-state index contributed by atoms with van der Waals surface area (Å²) in [6.07, 6.45) is 0. The van der Waals surface area contributed by atoms with Crippen LogP contribution in [0.15, 0.2) is 150 Å². The van der Waals surface area contributed by atoms with E-state index in [1.165, 1.54) is 0 Å². The quantitative estimate of drug-likeness (QED) is 0.152. The third-order valence-electron chi connectivity index (χ3n) is 8.58. The van der Waals surface area contributed by atoms with Gasteiger partial charge in [-0.1, -0.05) is 127 Å². The molecule has 1 aromatic heterocycles. The number of hydrogen-bond donors (Lipinski definition) is 0. The van der Waals surface area contributed by atoms with Gasteiger partial charge < -0.3 is 4.42 Å². The lowest BCUT2D eigenvalue weighted by Gasteiger charge is -2.20. The Hall–Kier alpha value is -5.66. The van der Waals surface area contributed by atoms with Gasteiger partial charge >= 0.3 is 0 Å². The first kappa shape index (κ1) is 14.5. The van der Waals surface area contributed by atoms with Gasteiger partial charge in [-0.3, -0.25) is 0 Å². The van der Waals surface area contributed by atoms with Crippen LogP contribution in [0.4, 0.5) is 0 Å². The molecule has 0 spiro atoms. The monoisotopic (exact) mass is 556 g/mol. The molecular weight excluding hydrogens is 520 g/mol. The van der Waals surface area contributed by atoms with E-state index in [4.69, 9.17) is 15.4 Å². The van der Waals surface area contributed by atoms with Crippen molar-refractivity contribution in [3.05, 3.63) is 145 Å². The Morgan fingerprint density at radius 2 is 1.00 bits per heavy atom. The first-order valence-electron chi connectivity index (χ1n) is 19.9. The fourth-order valence-electron chi connectivity index (χ4n) is 6.78. The Morgan fingerprint density at radius 3 is 1.72 bits per heavy atom. The first-order chi connectivity index (χ1) is 26.3. The van der Waals surface area contributed by atoms with E-state index in [2.05, 4.69) is 0 Å². The summed E-state index contributed by atoms with van der Waals surface area (Å²) in [5.41, 5.74) is 1.40. The van der Waals surface area contributed by atoms with Crippen LogP contribution < -0.4 is 0 Å². The Balaban J connectivity index is 1.46. The van der Waals surface area contributed by atoms with Gasteiger partial charge in [-0.25, -0.2) is 0 Å². The van der Waals surface area contributed by atoms with E-state index in [0.717, 1.165) is 32.3 Å². The van der Waals surface area contributed by atoms with E-state index >= 15 is 0 Å². The molecule has 1 heteroatoms. The maximum absolute atomic E-state index is 9.41. The minimum atomic E-state index is -0.524. The molecule has 0 aliphatic heterocycles. The molecular formula is C42H24O. The highest BCUT2D eigenvalue weighted by molar-refractivity contribution is 6.29. The summed E-state index contributed by atoms with van der Waals surface area (Å²) in [7, 11) is 0. The summed E-state index contributed by atoms with van der Waals surface area (Å²) >= 11 is 0. The van der Waals surface area contributed by atoms with Gasteiger partial charge in [0, 0.05) is 10.8 Å². The van der Waals surface area contributed by atoms with Gasteiger partial charge in [0.25, 0.3) is 0 Å². The lowest BCUT2D eigenvalue weighted by Crippen LogP contribution is -1.92. The number of fused-ring (bicyclic) bond motifs is 5. The van der Waals surface area contributed by atoms with Crippen LogP contribution in [0.1, 0.15) is 16.4 Å². The topological polar surface area (TPSA) is 13.1 Å². The van der Waals surface area contributed by atoms with Crippen molar-refractivity contribution in [3.63, 3.8) is 0 Å². The summed E-state index contributed by atoms with van der Waals surface area (Å²) in [4.78, 5) is 0. The highest BCUT2D eigenvalue weighted by atomic mass is 16.3. The minimum Gasteiger partial charge on any atom is -0.456 e. The molecule has 9 aromatic carbocycles. The van der Waals surface area contributed by atoms with E-state index in [1.54, 1.807) is 18.2 Å². The summed E-state index contributed by atoms with van der Waals surface area (Å²) in [6.45, 7) is 0. The SMILES string of the molecule is [2H]c1c([2H])c([2H])c2c(oc3ccc(-c4c5c([2H])c([2H])c([2H])c([2H])c5c(-c5ccc6ccc7cccc8ccc5c6c78)c5c([2H])c([2H])c([2H])c([2H])c45)cc32)c1[2H]. The predicted molar refractivity (Wildman–Crippen MR) is 183 cm³/mol. The molecule has 1 nitrogen and oxygen atoms in total. The van der Waals surface area contributed by atoms with Crippen molar-refractivity contribution in [2.24, 2.45) is 0 Å². The average Bonchev–Trinajstić information content (AvgIpc) is 3.59. The molecule has 0 aliphatic rings. The van der Waals surface area contributed by atoms with Crippen LogP contribution in [0, 0.1) is 0 Å². The molecule has 10 aromatic rings. The minimum absolute atomic E-state index is 0.0401. The van der Waals surface area contributed by atoms with Crippen molar-refractivity contribution >= 4 is 75.8 Å². The fraction of sp³-hybridized carbons (Fsp3) is 0. The van der Waals surface area contributed by atoms with Crippen LogP contribution in [0.2, 0.25) is 0 Å². The van der Waals surface area contributed by atoms with Crippen LogP contribution in [-0.2, 0) is 0 Å². The van der Waals surface area contributed by atoms with Gasteiger partial charge in [-0.15, -0.1) is 0 Å². The second-order valence-corrected chi connectivity index (χ2v) is 10.7. The van der Waals surface area contributed by atoms with Gasteiger partial charge in [0.1, 0.15) is 11.2 Å². The number of hydrogen-bond acceptors (Lipinski definition) is 1. The van der Waals surface area contributed by atoms with Crippen LogP contribution in [0.5, 0.6) is 0 Å². The van der Waals surface area contributed by atoms with E-state index in [-0.39, 0.29) is 73.4 Å². The van der Waals surface area contributed by atoms with Gasteiger partial charge in [0.05, 0.1) is 16.4 Å². The average molecular weight is 557 g/mol. The van der Waals surface area contributed by atoms with Crippen molar-refractivity contribution in [2.45, 2.75) is 0 Å². The smallest absolute Gasteiger partial charge is 0.135 e. The lowest BCUT2D eigenvalue weighted by molar-refractivity contribution is 0.669. The van der Waals surface area contributed by atoms with Crippen LogP contribution in [-0.4, -0.2) is 0 Å². The van der Waals surface area contributed by atoms with Crippen LogP contribution >= 0.6 is 0 Å². The summed E-state index contributed by atoms with van der Waals surface area (Å²) in [5.74, 6) is 0. The van der Waals surface area contributed by atoms with Gasteiger partial charge in [0.15, 0.2) is 0 Å². The molecule has 1 heterocycles. The van der Waals surface area contributed by atoms with Crippen molar-refractivity contribution in [3.8, 4) is 22.3 Å². The Morgan fingerprint density at radius 1 is 0.419 bits per heavy atom. The second-order valence-electron chi connectivity index (χ2n) is 10.7. The van der Waals surface area contributed by atoms with Gasteiger partial charge in [-0.2, -0.15) is 0 Å². The highest BCUT2D eigenvalue weighted by Gasteiger charge is 2.20. The molecule has 0 aliphatic carbocycles. The number of benzene rings is 9. The molecule has 0 radical (unpaired) electrons. The Kier molecular flexibility index (Phi) is 2.84. The maximum Gasteiger partial charge on any atom is 0.135 e. The zero-order valence-electron chi connectivity index (χ0n) is 34.3. The van der Waals surface area contributed by atoms with E-state index < -0.39 is 48.3 Å². The van der Waals surface area contributed by atoms with Crippen molar-refractivity contribution in [2.75, 3.05) is 0 Å². The molecule has 10 rings (SSSR count). The maximum atomic E-state index is 9.41. The molecule has 0 fully saturated rings. The normalized spacial score (nSPS) is 16.1. The summed E-state index contributed by atoms with van der Waals surface area (Å²) < 4.78 is 113. The van der Waals surface area contributed by atoms with Crippen molar-refractivity contribution in [1.29, 1.82) is 0 Å². The molecule has 0 saturated carbocycles. The van der Waals surface area contributed by atoms with E-state index in [9.17, 15) is 5.48 Å². The molecule has 0 amide bonds. The molecule has 198 valence electrons. The summed E-state index contributed by atoms with van der Waals surface area (Å²) in [6, 6.07) is 17.3. The Bertz CT molecular complexity index is 3310. The predicted octanol–water partition coefficient (Wildman–Crippen LogP) is 12.1. The third kappa shape index (κ3) is 3.11. The second kappa shape index (κ2) is 8.44. The summed E-state index contributed by atoms with van der Waals surface area (Å²) in [5, 5.41) is 6.28. The molecule has 0 N–H and O–H groups in total.